The molecule has 2 heterocycles. The molecule has 0 radical (unpaired) electrons. The van der Waals surface area contributed by atoms with Crippen molar-refractivity contribution < 1.29 is 4.39 Å². The van der Waals surface area contributed by atoms with Gasteiger partial charge in [-0.3, -0.25) is 4.90 Å². The van der Waals surface area contributed by atoms with Gasteiger partial charge in [-0.05, 0) is 19.5 Å². The molecule has 0 aliphatic carbocycles. The van der Waals surface area contributed by atoms with E-state index in [-0.39, 0.29) is 10.3 Å². The van der Waals surface area contributed by atoms with E-state index in [1.165, 1.54) is 6.42 Å². The second-order valence-corrected chi connectivity index (χ2v) is 3.88. The summed E-state index contributed by atoms with van der Waals surface area (Å²) in [7, 11) is 0. The second-order valence-electron chi connectivity index (χ2n) is 3.17. The first-order valence-corrected chi connectivity index (χ1v) is 5.02. The normalized spacial score (nSPS) is 16.8. The predicted molar refractivity (Wildman–Crippen MR) is 51.9 cm³/mol. The summed E-state index contributed by atoms with van der Waals surface area (Å²) >= 11 is 11.1. The van der Waals surface area contributed by atoms with Crippen LogP contribution in [0.25, 0.3) is 0 Å². The van der Waals surface area contributed by atoms with Crippen LogP contribution in [0.4, 0.5) is 4.39 Å². The molecule has 0 bridgehead atoms. The summed E-state index contributed by atoms with van der Waals surface area (Å²) in [6.07, 6.45) is 1.18. The molecule has 2 rings (SSSR count). The predicted octanol–water partition coefficient (Wildman–Crippen LogP) is 2.13. The van der Waals surface area contributed by atoms with E-state index >= 15 is 0 Å². The fraction of sp³-hybridized carbons (Fsp3) is 0.500. The summed E-state index contributed by atoms with van der Waals surface area (Å²) in [4.78, 5) is 9.76. The Hall–Kier alpha value is -0.450. The Labute approximate surface area is 90.9 Å². The van der Waals surface area contributed by atoms with Crippen LogP contribution in [0.5, 0.6) is 0 Å². The van der Waals surface area contributed by atoms with Gasteiger partial charge in [0.05, 0.1) is 6.54 Å². The molecule has 1 aromatic rings. The van der Waals surface area contributed by atoms with Crippen LogP contribution in [-0.2, 0) is 6.54 Å². The molecule has 0 atom stereocenters. The number of aromatic nitrogens is 2. The van der Waals surface area contributed by atoms with Crippen molar-refractivity contribution in [2.24, 2.45) is 0 Å². The van der Waals surface area contributed by atoms with Crippen LogP contribution in [0.2, 0.25) is 10.3 Å². The zero-order valence-electron chi connectivity index (χ0n) is 7.30. The molecule has 0 amide bonds. The van der Waals surface area contributed by atoms with E-state index in [0.717, 1.165) is 13.1 Å². The van der Waals surface area contributed by atoms with E-state index < -0.39 is 5.82 Å². The van der Waals surface area contributed by atoms with Crippen LogP contribution >= 0.6 is 23.2 Å². The van der Waals surface area contributed by atoms with Crippen LogP contribution in [0, 0.1) is 5.82 Å². The summed E-state index contributed by atoms with van der Waals surface area (Å²) < 4.78 is 12.9. The van der Waals surface area contributed by atoms with Gasteiger partial charge in [0, 0.05) is 0 Å². The van der Waals surface area contributed by atoms with Gasteiger partial charge in [0.2, 0.25) is 0 Å². The third-order valence-corrected chi connectivity index (χ3v) is 2.63. The summed E-state index contributed by atoms with van der Waals surface area (Å²) in [6.45, 7) is 2.63. The Balaban J connectivity index is 2.17. The molecule has 76 valence electrons. The number of rotatable bonds is 2. The molecule has 1 fully saturated rings. The van der Waals surface area contributed by atoms with Crippen molar-refractivity contribution in [2.45, 2.75) is 13.0 Å². The second kappa shape index (κ2) is 3.96. The summed E-state index contributed by atoms with van der Waals surface area (Å²) in [6, 6.07) is 0. The van der Waals surface area contributed by atoms with Gasteiger partial charge in [0.15, 0.2) is 16.1 Å². The molecule has 1 aliphatic heterocycles. The van der Waals surface area contributed by atoms with Gasteiger partial charge in [-0.2, -0.15) is 0 Å². The highest BCUT2D eigenvalue weighted by Crippen LogP contribution is 2.20. The molecule has 0 unspecified atom stereocenters. The molecule has 0 N–H and O–H groups in total. The molecule has 0 aromatic carbocycles. The summed E-state index contributed by atoms with van der Waals surface area (Å²) in [5.74, 6) is -0.276. The lowest BCUT2D eigenvalue weighted by molar-refractivity contribution is 0.168. The maximum atomic E-state index is 12.9. The lowest BCUT2D eigenvalue weighted by atomic mass is 10.2. The van der Waals surface area contributed by atoms with Crippen molar-refractivity contribution in [1.29, 1.82) is 0 Å². The van der Waals surface area contributed by atoms with E-state index in [0.29, 0.717) is 12.4 Å². The van der Waals surface area contributed by atoms with Gasteiger partial charge in [-0.25, -0.2) is 14.4 Å². The minimum atomic E-state index is -0.749. The van der Waals surface area contributed by atoms with Crippen molar-refractivity contribution in [3.63, 3.8) is 0 Å². The van der Waals surface area contributed by atoms with Crippen molar-refractivity contribution in [3.8, 4) is 0 Å². The van der Waals surface area contributed by atoms with Crippen LogP contribution in [0.15, 0.2) is 0 Å². The molecule has 6 heteroatoms. The van der Waals surface area contributed by atoms with Crippen molar-refractivity contribution >= 4 is 23.2 Å². The molecule has 1 aliphatic rings. The number of hydrogen-bond acceptors (Lipinski definition) is 3. The van der Waals surface area contributed by atoms with Gasteiger partial charge < -0.3 is 0 Å². The average molecular weight is 236 g/mol. The first kappa shape index (κ1) is 10.1. The fourth-order valence-electron chi connectivity index (χ4n) is 1.25. The highest BCUT2D eigenvalue weighted by atomic mass is 35.5. The van der Waals surface area contributed by atoms with E-state index in [1.54, 1.807) is 0 Å². The van der Waals surface area contributed by atoms with E-state index in [9.17, 15) is 4.39 Å². The fourth-order valence-corrected chi connectivity index (χ4v) is 1.67. The Kier molecular flexibility index (Phi) is 2.85. The van der Waals surface area contributed by atoms with Crippen molar-refractivity contribution in [2.75, 3.05) is 13.1 Å². The minimum absolute atomic E-state index is 0.208. The molecule has 14 heavy (non-hydrogen) atoms. The third kappa shape index (κ3) is 1.97. The minimum Gasteiger partial charge on any atom is -0.296 e. The zero-order chi connectivity index (χ0) is 10.1. The smallest absolute Gasteiger partial charge is 0.197 e. The highest BCUT2D eigenvalue weighted by Gasteiger charge is 2.17. The largest absolute Gasteiger partial charge is 0.296 e. The lowest BCUT2D eigenvalue weighted by Gasteiger charge is -2.29. The van der Waals surface area contributed by atoms with E-state index in [4.69, 9.17) is 23.2 Å². The first-order valence-electron chi connectivity index (χ1n) is 4.26. The van der Waals surface area contributed by atoms with Gasteiger partial charge in [0.1, 0.15) is 5.82 Å². The summed E-state index contributed by atoms with van der Waals surface area (Å²) in [5.41, 5.74) is 0. The number of likely N-dealkylation sites (tertiary alicyclic amines) is 1. The molecule has 1 saturated heterocycles. The van der Waals surface area contributed by atoms with Gasteiger partial charge >= 0.3 is 0 Å². The summed E-state index contributed by atoms with van der Waals surface area (Å²) in [5, 5.41) is -0.416. The zero-order valence-corrected chi connectivity index (χ0v) is 8.82. The van der Waals surface area contributed by atoms with Crippen LogP contribution < -0.4 is 0 Å². The standard InChI is InChI=1S/C8H8Cl2FN3/c9-7-6(11)8(10)13-5(12-7)4-14-2-1-3-14/h1-4H2. The van der Waals surface area contributed by atoms with Gasteiger partial charge in [-0.1, -0.05) is 23.2 Å². The van der Waals surface area contributed by atoms with Crippen molar-refractivity contribution in [3.05, 3.63) is 21.9 Å². The van der Waals surface area contributed by atoms with Crippen LogP contribution in [0.1, 0.15) is 12.2 Å². The molecule has 0 saturated carbocycles. The van der Waals surface area contributed by atoms with Crippen molar-refractivity contribution in [1.82, 2.24) is 14.9 Å². The number of halogens is 3. The SMILES string of the molecule is Fc1c(Cl)nc(CN2CCC2)nc1Cl. The van der Waals surface area contributed by atoms with E-state index in [2.05, 4.69) is 14.9 Å². The lowest BCUT2D eigenvalue weighted by Crippen LogP contribution is -2.36. The molecular weight excluding hydrogens is 228 g/mol. The Bertz CT molecular complexity index is 331. The monoisotopic (exact) mass is 235 g/mol. The third-order valence-electron chi connectivity index (χ3n) is 2.13. The maximum Gasteiger partial charge on any atom is 0.197 e. The Morgan fingerprint density at radius 2 is 1.79 bits per heavy atom. The average Bonchev–Trinajstić information content (AvgIpc) is 2.07. The molecule has 1 aromatic heterocycles. The number of nitrogens with zero attached hydrogens (tertiary/aromatic N) is 3. The van der Waals surface area contributed by atoms with Gasteiger partial charge in [-0.15, -0.1) is 0 Å². The maximum absolute atomic E-state index is 12.9. The first-order chi connectivity index (χ1) is 6.66. The number of hydrogen-bond donors (Lipinski definition) is 0. The molecular formula is C8H8Cl2FN3. The van der Waals surface area contributed by atoms with E-state index in [1.807, 2.05) is 0 Å². The highest BCUT2D eigenvalue weighted by molar-refractivity contribution is 6.33. The van der Waals surface area contributed by atoms with Gasteiger partial charge in [0.25, 0.3) is 0 Å². The topological polar surface area (TPSA) is 29.0 Å². The molecule has 3 nitrogen and oxygen atoms in total. The quantitative estimate of drug-likeness (QED) is 0.736. The Morgan fingerprint density at radius 1 is 1.21 bits per heavy atom. The van der Waals surface area contributed by atoms with Crippen LogP contribution in [0.3, 0.4) is 0 Å². The molecule has 0 spiro atoms. The Morgan fingerprint density at radius 3 is 2.21 bits per heavy atom. The van der Waals surface area contributed by atoms with Crippen LogP contribution in [-0.4, -0.2) is 28.0 Å².